The molecule has 0 saturated heterocycles. The SMILES string of the molecule is c1ccc(N2c3ccccc3Oc3cc4c(cc32)B2c3c-4cccc3-c3cccc4c5ccccc5n2c34)cc1. The molecule has 6 aromatic carbocycles. The van der Waals surface area contributed by atoms with Gasteiger partial charge in [-0.05, 0) is 70.1 Å². The molecular weight excluding hydrogens is 487 g/mol. The van der Waals surface area contributed by atoms with Crippen molar-refractivity contribution in [3.8, 4) is 33.8 Å². The van der Waals surface area contributed by atoms with Crippen LogP contribution in [-0.2, 0) is 0 Å². The molecule has 0 bridgehead atoms. The summed E-state index contributed by atoms with van der Waals surface area (Å²) in [5, 5.41) is 2.63. The zero-order chi connectivity index (χ0) is 25.9. The Morgan fingerprint density at radius 2 is 1.25 bits per heavy atom. The molecule has 0 spiro atoms. The van der Waals surface area contributed by atoms with Crippen LogP contribution in [0.4, 0.5) is 17.1 Å². The van der Waals surface area contributed by atoms with E-state index in [4.69, 9.17) is 4.74 Å². The summed E-state index contributed by atoms with van der Waals surface area (Å²) in [6.45, 7) is 0.0959. The molecule has 4 heterocycles. The highest BCUT2D eigenvalue weighted by Crippen LogP contribution is 2.52. The van der Waals surface area contributed by atoms with E-state index in [0.717, 1.165) is 28.6 Å². The average Bonchev–Trinajstić information content (AvgIpc) is 3.51. The number of aromatic nitrogens is 1. The van der Waals surface area contributed by atoms with Crippen molar-refractivity contribution in [1.82, 2.24) is 4.48 Å². The van der Waals surface area contributed by atoms with E-state index >= 15 is 0 Å². The molecule has 3 aliphatic rings. The van der Waals surface area contributed by atoms with Crippen LogP contribution in [0.1, 0.15) is 0 Å². The molecule has 0 saturated carbocycles. The Hall–Kier alpha value is -5.22. The van der Waals surface area contributed by atoms with Crippen molar-refractivity contribution in [1.29, 1.82) is 0 Å². The van der Waals surface area contributed by atoms with Crippen molar-refractivity contribution in [2.24, 2.45) is 0 Å². The van der Waals surface area contributed by atoms with Crippen LogP contribution in [0.2, 0.25) is 0 Å². The Balaban J connectivity index is 1.32. The minimum atomic E-state index is 0.0959. The molecule has 4 heteroatoms. The highest BCUT2D eigenvalue weighted by Gasteiger charge is 2.43. The summed E-state index contributed by atoms with van der Waals surface area (Å²) in [7, 11) is 0. The molecule has 184 valence electrons. The van der Waals surface area contributed by atoms with E-state index in [1.807, 2.05) is 6.07 Å². The van der Waals surface area contributed by atoms with Gasteiger partial charge >= 0.3 is 6.85 Å². The lowest BCUT2D eigenvalue weighted by Crippen LogP contribution is -2.48. The second kappa shape index (κ2) is 7.25. The van der Waals surface area contributed by atoms with E-state index in [9.17, 15) is 0 Å². The van der Waals surface area contributed by atoms with Crippen LogP contribution in [-0.4, -0.2) is 11.3 Å². The summed E-state index contributed by atoms with van der Waals surface area (Å²) in [5.41, 5.74) is 13.8. The fraction of sp³-hybridized carbons (Fsp3) is 0. The van der Waals surface area contributed by atoms with Gasteiger partial charge < -0.3 is 14.1 Å². The van der Waals surface area contributed by atoms with Gasteiger partial charge in [-0.2, -0.15) is 0 Å². The van der Waals surface area contributed by atoms with Gasteiger partial charge in [-0.25, -0.2) is 0 Å². The first-order chi connectivity index (χ1) is 19.9. The van der Waals surface area contributed by atoms with E-state index in [1.54, 1.807) is 0 Å². The summed E-state index contributed by atoms with van der Waals surface area (Å²) in [5.74, 6) is 1.76. The van der Waals surface area contributed by atoms with Crippen LogP contribution in [0.15, 0.2) is 127 Å². The monoisotopic (exact) mass is 508 g/mol. The van der Waals surface area contributed by atoms with E-state index in [-0.39, 0.29) is 6.85 Å². The molecule has 0 aliphatic carbocycles. The second-order valence-electron chi connectivity index (χ2n) is 10.9. The molecule has 3 aliphatic heterocycles. The Morgan fingerprint density at radius 3 is 2.17 bits per heavy atom. The molecular formula is C36H21BN2O. The maximum Gasteiger partial charge on any atom is 0.330 e. The molecule has 0 unspecified atom stereocenters. The molecule has 0 atom stereocenters. The predicted molar refractivity (Wildman–Crippen MR) is 165 cm³/mol. The zero-order valence-corrected chi connectivity index (χ0v) is 21.5. The van der Waals surface area contributed by atoms with Crippen molar-refractivity contribution in [2.75, 3.05) is 4.90 Å². The average molecular weight is 508 g/mol. The lowest BCUT2D eigenvalue weighted by Gasteiger charge is -2.33. The standard InChI is InChI=1S/C36H21BN2O/c1-2-10-22(11-3-1)38-31-18-6-7-19-33(31)40-34-20-28-25-14-8-13-24-27-16-9-15-26-23-12-4-5-17-30(23)39(36(26)27)37(35(24)25)29(28)21-32(34)38/h1-21H. The van der Waals surface area contributed by atoms with Crippen LogP contribution in [0.3, 0.4) is 0 Å². The molecule has 40 heavy (non-hydrogen) atoms. The molecule has 10 rings (SSSR count). The molecule has 0 amide bonds. The highest BCUT2D eigenvalue weighted by atomic mass is 16.5. The largest absolute Gasteiger partial charge is 0.453 e. The molecule has 7 aromatic rings. The van der Waals surface area contributed by atoms with E-state index < -0.39 is 0 Å². The molecule has 0 N–H and O–H groups in total. The normalized spacial score (nSPS) is 13.6. The van der Waals surface area contributed by atoms with Gasteiger partial charge in [0.15, 0.2) is 11.5 Å². The first-order valence-electron chi connectivity index (χ1n) is 13.8. The fourth-order valence-corrected chi connectivity index (χ4v) is 7.42. The maximum absolute atomic E-state index is 6.61. The van der Waals surface area contributed by atoms with Gasteiger partial charge in [-0.1, -0.05) is 84.9 Å². The van der Waals surface area contributed by atoms with Crippen LogP contribution >= 0.6 is 0 Å². The molecule has 0 fully saturated rings. The van der Waals surface area contributed by atoms with Crippen molar-refractivity contribution < 1.29 is 4.74 Å². The van der Waals surface area contributed by atoms with Crippen LogP contribution in [0.5, 0.6) is 11.5 Å². The van der Waals surface area contributed by atoms with Crippen LogP contribution in [0, 0.1) is 0 Å². The molecule has 0 radical (unpaired) electrons. The number of benzene rings is 6. The minimum Gasteiger partial charge on any atom is -0.453 e. The van der Waals surface area contributed by atoms with Crippen molar-refractivity contribution >= 4 is 56.6 Å². The summed E-state index contributed by atoms with van der Waals surface area (Å²) < 4.78 is 9.20. The molecule has 1 aromatic heterocycles. The minimum absolute atomic E-state index is 0.0959. The highest BCUT2D eigenvalue weighted by molar-refractivity contribution is 6.91. The summed E-state index contributed by atoms with van der Waals surface area (Å²) in [6.07, 6.45) is 0. The van der Waals surface area contributed by atoms with E-state index in [2.05, 4.69) is 131 Å². The number of rotatable bonds is 1. The number of fused-ring (bicyclic) bond motifs is 10. The van der Waals surface area contributed by atoms with Crippen molar-refractivity contribution in [3.05, 3.63) is 127 Å². The van der Waals surface area contributed by atoms with Gasteiger partial charge in [-0.15, -0.1) is 0 Å². The summed E-state index contributed by atoms with van der Waals surface area (Å²) in [6, 6.07) is 46.0. The zero-order valence-electron chi connectivity index (χ0n) is 21.5. The summed E-state index contributed by atoms with van der Waals surface area (Å²) in [4.78, 5) is 2.35. The van der Waals surface area contributed by atoms with Crippen LogP contribution < -0.4 is 20.6 Å². The Kier molecular flexibility index (Phi) is 3.75. The lowest BCUT2D eigenvalue weighted by molar-refractivity contribution is 0.477. The third-order valence-corrected chi connectivity index (χ3v) is 8.96. The fourth-order valence-electron chi connectivity index (χ4n) is 7.42. The van der Waals surface area contributed by atoms with Gasteiger partial charge in [0.2, 0.25) is 0 Å². The van der Waals surface area contributed by atoms with Crippen LogP contribution in [0.25, 0.3) is 44.1 Å². The smallest absolute Gasteiger partial charge is 0.330 e. The second-order valence-corrected chi connectivity index (χ2v) is 10.9. The van der Waals surface area contributed by atoms with Gasteiger partial charge in [0.1, 0.15) is 0 Å². The molecule has 3 nitrogen and oxygen atoms in total. The van der Waals surface area contributed by atoms with Gasteiger partial charge in [0.05, 0.1) is 11.4 Å². The van der Waals surface area contributed by atoms with E-state index in [1.165, 1.54) is 55.0 Å². The number of hydrogen-bond acceptors (Lipinski definition) is 2. The van der Waals surface area contributed by atoms with Gasteiger partial charge in [0, 0.05) is 33.1 Å². The first kappa shape index (κ1) is 20.7. The number of ether oxygens (including phenoxy) is 1. The third-order valence-electron chi connectivity index (χ3n) is 8.96. The number of anilines is 3. The number of para-hydroxylation sites is 5. The van der Waals surface area contributed by atoms with Gasteiger partial charge in [-0.3, -0.25) is 0 Å². The number of hydrogen-bond donors (Lipinski definition) is 0. The Morgan fingerprint density at radius 1 is 0.525 bits per heavy atom. The first-order valence-corrected chi connectivity index (χ1v) is 13.8. The quantitative estimate of drug-likeness (QED) is 0.209. The van der Waals surface area contributed by atoms with Crippen molar-refractivity contribution in [2.45, 2.75) is 0 Å². The Labute approximate surface area is 231 Å². The third kappa shape index (κ3) is 2.43. The lowest BCUT2D eigenvalue weighted by atomic mass is 9.50. The van der Waals surface area contributed by atoms with Crippen molar-refractivity contribution in [3.63, 3.8) is 0 Å². The number of nitrogens with zero attached hydrogens (tertiary/aromatic N) is 2. The maximum atomic E-state index is 6.61. The predicted octanol–water partition coefficient (Wildman–Crippen LogP) is 7.98. The van der Waals surface area contributed by atoms with E-state index in [0.29, 0.717) is 0 Å². The summed E-state index contributed by atoms with van der Waals surface area (Å²) >= 11 is 0. The topological polar surface area (TPSA) is 17.4 Å². The van der Waals surface area contributed by atoms with Gasteiger partial charge in [0.25, 0.3) is 0 Å². The Bertz CT molecular complexity index is 2210.